The Labute approximate surface area is 161 Å². The van der Waals surface area contributed by atoms with Gasteiger partial charge in [-0.25, -0.2) is 0 Å². The second-order valence-corrected chi connectivity index (χ2v) is 6.55. The van der Waals surface area contributed by atoms with Crippen molar-refractivity contribution in [1.29, 1.82) is 0 Å². The Morgan fingerprint density at radius 2 is 2.04 bits per heavy atom. The lowest BCUT2D eigenvalue weighted by Gasteiger charge is -2.15. The number of aromatic hydroxyl groups is 1. The zero-order chi connectivity index (χ0) is 19.7. The number of methoxy groups -OCH3 is 1. The predicted molar refractivity (Wildman–Crippen MR) is 107 cm³/mol. The van der Waals surface area contributed by atoms with Gasteiger partial charge in [-0.05, 0) is 72.6 Å². The fourth-order valence-electron chi connectivity index (χ4n) is 3.12. The van der Waals surface area contributed by atoms with Gasteiger partial charge >= 0.3 is 0 Å². The number of ether oxygens (including phenoxy) is 1. The number of hydrogen-bond acceptors (Lipinski definition) is 6. The van der Waals surface area contributed by atoms with Crippen molar-refractivity contribution < 1.29 is 9.84 Å². The standard InChI is InChI=1S/C19H20N4O3S/c1-5-12-8-13(16(24)9-14(12)22-25)18-20-21-19(27)23(18)15-6-7-17(26-4)11(3)10(15)2/h6-9,24H,5H2,1-4H3,(H,21,27). The molecule has 0 saturated heterocycles. The van der Waals surface area contributed by atoms with E-state index in [0.717, 1.165) is 28.1 Å². The third-order valence-electron chi connectivity index (χ3n) is 4.76. The molecule has 0 bridgehead atoms. The Balaban J connectivity index is 2.28. The minimum absolute atomic E-state index is 0.0834. The number of nitroso groups, excluding NO2 is 1. The van der Waals surface area contributed by atoms with E-state index in [1.54, 1.807) is 17.7 Å². The summed E-state index contributed by atoms with van der Waals surface area (Å²) in [4.78, 5) is 11.0. The van der Waals surface area contributed by atoms with Crippen molar-refractivity contribution >= 4 is 17.9 Å². The highest BCUT2D eigenvalue weighted by Crippen LogP contribution is 2.37. The van der Waals surface area contributed by atoms with Gasteiger partial charge in [-0.15, -0.1) is 4.91 Å². The van der Waals surface area contributed by atoms with Gasteiger partial charge in [0, 0.05) is 6.07 Å². The Morgan fingerprint density at radius 1 is 1.30 bits per heavy atom. The van der Waals surface area contributed by atoms with Crippen molar-refractivity contribution in [3.8, 4) is 28.6 Å². The molecule has 0 atom stereocenters. The normalized spacial score (nSPS) is 10.8. The van der Waals surface area contributed by atoms with Crippen LogP contribution in [0, 0.1) is 23.5 Å². The van der Waals surface area contributed by atoms with E-state index < -0.39 is 0 Å². The zero-order valence-corrected chi connectivity index (χ0v) is 16.3. The van der Waals surface area contributed by atoms with Crippen LogP contribution in [0.2, 0.25) is 0 Å². The van der Waals surface area contributed by atoms with E-state index in [2.05, 4.69) is 15.4 Å². The SMILES string of the molecule is CCc1cc(-c2n[nH]c(=S)n2-c2ccc(OC)c(C)c2C)c(O)cc1N=O. The maximum atomic E-state index is 11.0. The molecule has 0 saturated carbocycles. The van der Waals surface area contributed by atoms with Crippen LogP contribution in [-0.4, -0.2) is 27.0 Å². The number of aromatic amines is 1. The van der Waals surface area contributed by atoms with Gasteiger partial charge in [0.25, 0.3) is 0 Å². The number of benzene rings is 2. The van der Waals surface area contributed by atoms with Gasteiger partial charge in [-0.1, -0.05) is 6.92 Å². The van der Waals surface area contributed by atoms with E-state index in [0.29, 0.717) is 22.6 Å². The first-order chi connectivity index (χ1) is 12.9. The molecule has 2 N–H and O–H groups in total. The smallest absolute Gasteiger partial charge is 0.200 e. The first-order valence-electron chi connectivity index (χ1n) is 8.44. The third kappa shape index (κ3) is 3.12. The van der Waals surface area contributed by atoms with Crippen LogP contribution in [-0.2, 0) is 6.42 Å². The number of nitrogens with zero attached hydrogens (tertiary/aromatic N) is 3. The summed E-state index contributed by atoms with van der Waals surface area (Å²) in [5.41, 5.74) is 4.21. The molecular weight excluding hydrogens is 364 g/mol. The molecule has 1 aromatic heterocycles. The predicted octanol–water partition coefficient (Wildman–Crippen LogP) is 4.89. The van der Waals surface area contributed by atoms with E-state index in [-0.39, 0.29) is 11.4 Å². The maximum Gasteiger partial charge on any atom is 0.200 e. The molecule has 27 heavy (non-hydrogen) atoms. The number of rotatable bonds is 5. The fraction of sp³-hybridized carbons (Fsp3) is 0.263. The molecule has 3 rings (SSSR count). The lowest BCUT2D eigenvalue weighted by atomic mass is 10.0. The molecule has 7 nitrogen and oxygen atoms in total. The second-order valence-electron chi connectivity index (χ2n) is 6.17. The van der Waals surface area contributed by atoms with Gasteiger partial charge in [0.05, 0.1) is 18.4 Å². The molecule has 0 spiro atoms. The Morgan fingerprint density at radius 3 is 2.67 bits per heavy atom. The average molecular weight is 384 g/mol. The van der Waals surface area contributed by atoms with Crippen molar-refractivity contribution in [2.45, 2.75) is 27.2 Å². The summed E-state index contributed by atoms with van der Waals surface area (Å²) >= 11 is 5.44. The molecule has 0 radical (unpaired) electrons. The van der Waals surface area contributed by atoms with E-state index in [1.165, 1.54) is 6.07 Å². The van der Waals surface area contributed by atoms with Crippen LogP contribution in [0.1, 0.15) is 23.6 Å². The number of phenolic OH excluding ortho intramolecular Hbond substituents is 1. The summed E-state index contributed by atoms with van der Waals surface area (Å²) in [6.45, 7) is 5.86. The molecule has 0 aliphatic heterocycles. The first-order valence-corrected chi connectivity index (χ1v) is 8.85. The third-order valence-corrected chi connectivity index (χ3v) is 5.03. The quantitative estimate of drug-likeness (QED) is 0.483. The van der Waals surface area contributed by atoms with E-state index in [4.69, 9.17) is 17.0 Å². The molecule has 0 aliphatic rings. The number of hydrogen-bond donors (Lipinski definition) is 2. The number of phenols is 1. The fourth-order valence-corrected chi connectivity index (χ4v) is 3.35. The molecule has 140 valence electrons. The van der Waals surface area contributed by atoms with E-state index >= 15 is 0 Å². The highest BCUT2D eigenvalue weighted by molar-refractivity contribution is 7.71. The molecule has 0 unspecified atom stereocenters. The maximum absolute atomic E-state index is 11.0. The van der Waals surface area contributed by atoms with Crippen LogP contribution >= 0.6 is 12.2 Å². The Bertz CT molecular complexity index is 1090. The number of nitrogens with one attached hydrogen (secondary N) is 1. The van der Waals surface area contributed by atoms with Crippen LogP contribution in [0.3, 0.4) is 0 Å². The van der Waals surface area contributed by atoms with Gasteiger partial charge < -0.3 is 9.84 Å². The molecule has 0 amide bonds. The lowest BCUT2D eigenvalue weighted by molar-refractivity contribution is 0.411. The van der Waals surface area contributed by atoms with Crippen LogP contribution < -0.4 is 4.74 Å². The van der Waals surface area contributed by atoms with Crippen molar-refractivity contribution in [3.63, 3.8) is 0 Å². The van der Waals surface area contributed by atoms with Gasteiger partial charge in [0.1, 0.15) is 17.2 Å². The molecule has 1 heterocycles. The van der Waals surface area contributed by atoms with Gasteiger partial charge in [0.2, 0.25) is 0 Å². The van der Waals surface area contributed by atoms with Crippen molar-refractivity contribution in [3.05, 3.63) is 50.6 Å². The van der Waals surface area contributed by atoms with Crippen LogP contribution in [0.4, 0.5) is 5.69 Å². The topological polar surface area (TPSA) is 92.5 Å². The van der Waals surface area contributed by atoms with Crippen molar-refractivity contribution in [2.75, 3.05) is 7.11 Å². The molecule has 3 aromatic rings. The molecule has 0 fully saturated rings. The Kier molecular flexibility index (Phi) is 5.09. The van der Waals surface area contributed by atoms with Crippen molar-refractivity contribution in [1.82, 2.24) is 14.8 Å². The molecule has 0 aliphatic carbocycles. The molecule has 2 aromatic carbocycles. The molecular formula is C19H20N4O3S. The minimum atomic E-state index is -0.0834. The summed E-state index contributed by atoms with van der Waals surface area (Å²) in [6.07, 6.45) is 0.597. The highest BCUT2D eigenvalue weighted by atomic mass is 32.1. The summed E-state index contributed by atoms with van der Waals surface area (Å²) in [6, 6.07) is 6.84. The monoisotopic (exact) mass is 384 g/mol. The minimum Gasteiger partial charge on any atom is -0.507 e. The van der Waals surface area contributed by atoms with Crippen LogP contribution in [0.5, 0.6) is 11.5 Å². The first kappa shape index (κ1) is 18.8. The lowest BCUT2D eigenvalue weighted by Crippen LogP contribution is -2.03. The summed E-state index contributed by atoms with van der Waals surface area (Å²) < 4.78 is 7.54. The van der Waals surface area contributed by atoms with E-state index in [1.807, 2.05) is 32.9 Å². The zero-order valence-electron chi connectivity index (χ0n) is 15.5. The molecule has 8 heteroatoms. The van der Waals surface area contributed by atoms with Crippen LogP contribution in [0.15, 0.2) is 29.4 Å². The largest absolute Gasteiger partial charge is 0.507 e. The second kappa shape index (κ2) is 7.32. The summed E-state index contributed by atoms with van der Waals surface area (Å²) in [5.74, 6) is 1.16. The Hall–Kier alpha value is -3.00. The number of H-pyrrole nitrogens is 1. The van der Waals surface area contributed by atoms with Crippen LogP contribution in [0.25, 0.3) is 17.1 Å². The van der Waals surface area contributed by atoms with Crippen molar-refractivity contribution in [2.24, 2.45) is 5.18 Å². The highest BCUT2D eigenvalue weighted by Gasteiger charge is 2.19. The number of aryl methyl sites for hydroxylation is 1. The van der Waals surface area contributed by atoms with E-state index in [9.17, 15) is 10.0 Å². The number of aromatic nitrogens is 3. The summed E-state index contributed by atoms with van der Waals surface area (Å²) in [7, 11) is 1.63. The van der Waals surface area contributed by atoms with Gasteiger partial charge in [-0.3, -0.25) is 9.67 Å². The van der Waals surface area contributed by atoms with Gasteiger partial charge in [-0.2, -0.15) is 5.10 Å². The average Bonchev–Trinajstić information content (AvgIpc) is 3.04. The van der Waals surface area contributed by atoms with Gasteiger partial charge in [0.15, 0.2) is 10.6 Å². The summed E-state index contributed by atoms with van der Waals surface area (Å²) in [5, 5.41) is 20.6.